The van der Waals surface area contributed by atoms with Gasteiger partial charge in [-0.05, 0) is 31.2 Å². The number of hydrogen-bond acceptors (Lipinski definition) is 6. The molecule has 2 saturated heterocycles. The summed E-state index contributed by atoms with van der Waals surface area (Å²) in [6.07, 6.45) is 9.73. The third kappa shape index (κ3) is 4.43. The molecule has 2 amide bonds. The van der Waals surface area contributed by atoms with Crippen LogP contribution in [0.25, 0.3) is 0 Å². The molecule has 1 aromatic rings. The van der Waals surface area contributed by atoms with E-state index in [1.807, 2.05) is 4.90 Å². The third-order valence-corrected chi connectivity index (χ3v) is 6.28. The second-order valence-corrected chi connectivity index (χ2v) is 8.06. The van der Waals surface area contributed by atoms with Crippen molar-refractivity contribution in [1.29, 1.82) is 0 Å². The van der Waals surface area contributed by atoms with Crippen LogP contribution in [-0.4, -0.2) is 71.5 Å². The van der Waals surface area contributed by atoms with Crippen LogP contribution in [0.3, 0.4) is 0 Å². The van der Waals surface area contributed by atoms with E-state index in [4.69, 9.17) is 0 Å². The van der Waals surface area contributed by atoms with Gasteiger partial charge in [0.25, 0.3) is 0 Å². The van der Waals surface area contributed by atoms with Crippen LogP contribution >= 0.6 is 0 Å². The summed E-state index contributed by atoms with van der Waals surface area (Å²) in [6, 6.07) is 2.22. The first-order valence-corrected chi connectivity index (χ1v) is 10.5. The highest BCUT2D eigenvalue weighted by atomic mass is 16.2. The average molecular weight is 387 g/mol. The highest BCUT2D eigenvalue weighted by molar-refractivity contribution is 5.83. The number of amides is 2. The number of rotatable bonds is 5. The molecule has 0 bridgehead atoms. The van der Waals surface area contributed by atoms with Gasteiger partial charge in [0.2, 0.25) is 17.8 Å². The quantitative estimate of drug-likeness (QED) is 0.768. The Labute approximate surface area is 166 Å². The number of carbonyl (C=O) groups is 2. The molecular weight excluding hydrogens is 356 g/mol. The Morgan fingerprint density at radius 2 is 1.86 bits per heavy atom. The van der Waals surface area contributed by atoms with E-state index in [2.05, 4.69) is 25.5 Å². The maximum absolute atomic E-state index is 12.5. The number of aromatic nitrogens is 2. The molecule has 2 N–H and O–H groups in total. The van der Waals surface area contributed by atoms with Crippen LogP contribution in [0.5, 0.6) is 0 Å². The fourth-order valence-corrected chi connectivity index (χ4v) is 4.71. The molecule has 0 aromatic carbocycles. The molecule has 2 aliphatic heterocycles. The van der Waals surface area contributed by atoms with Crippen LogP contribution in [0.15, 0.2) is 18.5 Å². The first-order chi connectivity index (χ1) is 13.7. The van der Waals surface area contributed by atoms with Gasteiger partial charge in [0.1, 0.15) is 0 Å². The number of anilines is 1. The number of carbonyl (C=O) groups excluding carboxylic acids is 2. The predicted molar refractivity (Wildman–Crippen MR) is 106 cm³/mol. The van der Waals surface area contributed by atoms with Crippen molar-refractivity contribution in [2.75, 3.05) is 37.6 Å². The molecule has 3 fully saturated rings. The first kappa shape index (κ1) is 19.1. The van der Waals surface area contributed by atoms with Crippen molar-refractivity contribution >= 4 is 17.8 Å². The van der Waals surface area contributed by atoms with Gasteiger partial charge in [-0.2, -0.15) is 0 Å². The van der Waals surface area contributed by atoms with Gasteiger partial charge in [-0.3, -0.25) is 9.59 Å². The lowest BCUT2D eigenvalue weighted by Gasteiger charge is -2.34. The topological polar surface area (TPSA) is 90.5 Å². The second-order valence-electron chi connectivity index (χ2n) is 8.06. The van der Waals surface area contributed by atoms with Gasteiger partial charge in [0.15, 0.2) is 0 Å². The molecule has 8 heteroatoms. The van der Waals surface area contributed by atoms with Crippen LogP contribution < -0.4 is 15.5 Å². The van der Waals surface area contributed by atoms with Crippen molar-refractivity contribution in [3.05, 3.63) is 18.5 Å². The summed E-state index contributed by atoms with van der Waals surface area (Å²) < 4.78 is 0. The van der Waals surface area contributed by atoms with Crippen molar-refractivity contribution in [3.8, 4) is 0 Å². The largest absolute Gasteiger partial charge is 0.354 e. The van der Waals surface area contributed by atoms with E-state index in [0.717, 1.165) is 19.5 Å². The van der Waals surface area contributed by atoms with Gasteiger partial charge in [0.05, 0.1) is 6.04 Å². The Morgan fingerprint density at radius 1 is 1.11 bits per heavy atom. The number of nitrogens with zero attached hydrogens (tertiary/aromatic N) is 4. The van der Waals surface area contributed by atoms with Crippen LogP contribution in [0.4, 0.5) is 5.95 Å². The SMILES string of the molecule is O=C(NCCC(=O)N1CCN(c2ncccn2)CC1)C1CC2CCCCC2N1. The zero-order chi connectivity index (χ0) is 19.3. The molecule has 4 rings (SSSR count). The fourth-order valence-electron chi connectivity index (χ4n) is 4.71. The van der Waals surface area contributed by atoms with E-state index < -0.39 is 0 Å². The lowest BCUT2D eigenvalue weighted by molar-refractivity contribution is -0.131. The molecule has 8 nitrogen and oxygen atoms in total. The Morgan fingerprint density at radius 3 is 2.61 bits per heavy atom. The molecule has 28 heavy (non-hydrogen) atoms. The summed E-state index contributed by atoms with van der Waals surface area (Å²) in [5, 5.41) is 6.45. The maximum Gasteiger partial charge on any atom is 0.237 e. The van der Waals surface area contributed by atoms with Gasteiger partial charge in [-0.25, -0.2) is 9.97 Å². The Bertz CT molecular complexity index is 663. The molecule has 0 radical (unpaired) electrons. The molecule has 3 unspecified atom stereocenters. The van der Waals surface area contributed by atoms with Gasteiger partial charge in [-0.1, -0.05) is 12.8 Å². The van der Waals surface area contributed by atoms with E-state index in [-0.39, 0.29) is 17.9 Å². The number of piperazine rings is 1. The predicted octanol–water partition coefficient (Wildman–Crippen LogP) is 0.552. The zero-order valence-corrected chi connectivity index (χ0v) is 16.3. The van der Waals surface area contributed by atoms with E-state index in [0.29, 0.717) is 44.0 Å². The van der Waals surface area contributed by atoms with E-state index >= 15 is 0 Å². The normalized spacial score (nSPS) is 27.4. The van der Waals surface area contributed by atoms with Crippen molar-refractivity contribution < 1.29 is 9.59 Å². The first-order valence-electron chi connectivity index (χ1n) is 10.5. The lowest BCUT2D eigenvalue weighted by Crippen LogP contribution is -2.50. The smallest absolute Gasteiger partial charge is 0.237 e. The minimum atomic E-state index is -0.0855. The maximum atomic E-state index is 12.5. The second kappa shape index (κ2) is 8.86. The van der Waals surface area contributed by atoms with Gasteiger partial charge in [0, 0.05) is 57.6 Å². The molecule has 1 aliphatic carbocycles. The lowest BCUT2D eigenvalue weighted by atomic mass is 9.85. The Kier molecular flexibility index (Phi) is 6.04. The van der Waals surface area contributed by atoms with Crippen molar-refractivity contribution in [3.63, 3.8) is 0 Å². The van der Waals surface area contributed by atoms with Gasteiger partial charge in [-0.15, -0.1) is 0 Å². The van der Waals surface area contributed by atoms with Crippen LogP contribution in [0, 0.1) is 5.92 Å². The van der Waals surface area contributed by atoms with Gasteiger partial charge < -0.3 is 20.4 Å². The van der Waals surface area contributed by atoms with Crippen LogP contribution in [0.1, 0.15) is 38.5 Å². The number of hydrogen-bond donors (Lipinski definition) is 2. The summed E-state index contributed by atoms with van der Waals surface area (Å²) in [5.41, 5.74) is 0. The molecule has 3 heterocycles. The summed E-state index contributed by atoms with van der Waals surface area (Å²) >= 11 is 0. The summed E-state index contributed by atoms with van der Waals surface area (Å²) in [5.74, 6) is 1.51. The fraction of sp³-hybridized carbons (Fsp3) is 0.700. The van der Waals surface area contributed by atoms with Gasteiger partial charge >= 0.3 is 0 Å². The Balaban J connectivity index is 1.16. The van der Waals surface area contributed by atoms with Crippen molar-refractivity contribution in [2.45, 2.75) is 50.6 Å². The summed E-state index contributed by atoms with van der Waals surface area (Å²) in [6.45, 7) is 3.21. The van der Waals surface area contributed by atoms with E-state index in [1.54, 1.807) is 18.5 Å². The minimum Gasteiger partial charge on any atom is -0.354 e. The zero-order valence-electron chi connectivity index (χ0n) is 16.3. The third-order valence-electron chi connectivity index (χ3n) is 6.28. The molecule has 1 aromatic heterocycles. The minimum absolute atomic E-state index is 0.0493. The molecule has 3 aliphatic rings. The van der Waals surface area contributed by atoms with Crippen LogP contribution in [-0.2, 0) is 9.59 Å². The molecule has 152 valence electrons. The highest BCUT2D eigenvalue weighted by Gasteiger charge is 2.38. The molecule has 0 spiro atoms. The number of fused-ring (bicyclic) bond motifs is 1. The van der Waals surface area contributed by atoms with Crippen molar-refractivity contribution in [1.82, 2.24) is 25.5 Å². The average Bonchev–Trinajstić information content (AvgIpc) is 3.19. The van der Waals surface area contributed by atoms with Crippen molar-refractivity contribution in [2.24, 2.45) is 5.92 Å². The monoisotopic (exact) mass is 386 g/mol. The summed E-state index contributed by atoms with van der Waals surface area (Å²) in [7, 11) is 0. The summed E-state index contributed by atoms with van der Waals surface area (Å²) in [4.78, 5) is 37.4. The van der Waals surface area contributed by atoms with Crippen LogP contribution in [0.2, 0.25) is 0 Å². The molecule has 1 saturated carbocycles. The standard InChI is InChI=1S/C20H30N6O2/c27-18(25-10-12-26(13-11-25)20-22-7-3-8-23-20)6-9-21-19(28)17-14-15-4-1-2-5-16(15)24-17/h3,7-8,15-17,24H,1-2,4-6,9-14H2,(H,21,28). The molecule has 3 atom stereocenters. The van der Waals surface area contributed by atoms with E-state index in [1.165, 1.54) is 25.7 Å². The Hall–Kier alpha value is -2.22. The van der Waals surface area contributed by atoms with E-state index in [9.17, 15) is 9.59 Å². The highest BCUT2D eigenvalue weighted by Crippen LogP contribution is 2.33. The molecular formula is C20H30N6O2. The number of nitrogens with one attached hydrogen (secondary N) is 2.